The second-order valence-corrected chi connectivity index (χ2v) is 10.1. The Morgan fingerprint density at radius 2 is 1.86 bits per heavy atom. The lowest BCUT2D eigenvalue weighted by molar-refractivity contribution is -0.169. The van der Waals surface area contributed by atoms with Crippen LogP contribution in [-0.4, -0.2) is 34.9 Å². The number of aliphatic hydroxyl groups is 1. The van der Waals surface area contributed by atoms with Crippen molar-refractivity contribution in [1.29, 1.82) is 0 Å². The van der Waals surface area contributed by atoms with Crippen LogP contribution in [-0.2, 0) is 19.1 Å². The van der Waals surface area contributed by atoms with E-state index in [1.54, 1.807) is 0 Å². The van der Waals surface area contributed by atoms with Gasteiger partial charge in [0.1, 0.15) is 5.60 Å². The molecule has 1 N–H and O–H groups in total. The Labute approximate surface area is 173 Å². The highest BCUT2D eigenvalue weighted by Gasteiger charge is 2.66. The lowest BCUT2D eigenvalue weighted by atomic mass is 9.45. The van der Waals surface area contributed by atoms with Crippen molar-refractivity contribution in [2.24, 2.45) is 28.6 Å². The molecule has 0 aromatic carbocycles. The average molecular weight is 403 g/mol. The van der Waals surface area contributed by atoms with Gasteiger partial charge in [0.05, 0.1) is 0 Å². The number of fused-ring (bicyclic) bond motifs is 5. The van der Waals surface area contributed by atoms with E-state index in [2.05, 4.69) is 13.8 Å². The van der Waals surface area contributed by atoms with E-state index in [1.807, 2.05) is 6.08 Å². The summed E-state index contributed by atoms with van der Waals surface area (Å²) in [5, 5.41) is 11.5. The van der Waals surface area contributed by atoms with Gasteiger partial charge in [0, 0.05) is 18.8 Å². The zero-order valence-corrected chi connectivity index (χ0v) is 18.0. The molecule has 0 aromatic rings. The maximum Gasteiger partial charge on any atom is 0.303 e. The Bertz CT molecular complexity index is 769. The van der Waals surface area contributed by atoms with Crippen molar-refractivity contribution >= 4 is 17.5 Å². The molecule has 0 spiro atoms. The number of esters is 1. The Kier molecular flexibility index (Phi) is 5.04. The fourth-order valence-electron chi connectivity index (χ4n) is 7.79. The molecule has 3 fully saturated rings. The van der Waals surface area contributed by atoms with Gasteiger partial charge >= 0.3 is 5.97 Å². The topological polar surface area (TPSA) is 80.7 Å². The third-order valence-corrected chi connectivity index (χ3v) is 9.34. The van der Waals surface area contributed by atoms with E-state index in [9.17, 15) is 19.5 Å². The summed E-state index contributed by atoms with van der Waals surface area (Å²) in [6, 6.07) is 0. The number of hydrogen-bond acceptors (Lipinski definition) is 5. The van der Waals surface area contributed by atoms with Crippen LogP contribution in [0.5, 0.6) is 0 Å². The molecule has 4 aliphatic rings. The van der Waals surface area contributed by atoms with Gasteiger partial charge in [0.15, 0.2) is 12.4 Å². The number of carbonyl (C=O) groups is 3. The number of carbonyl (C=O) groups excluding carboxylic acids is 3. The highest BCUT2D eigenvalue weighted by Crippen LogP contribution is 2.68. The van der Waals surface area contributed by atoms with Gasteiger partial charge in [-0.1, -0.05) is 19.4 Å². The molecule has 0 aliphatic heterocycles. The van der Waals surface area contributed by atoms with Gasteiger partial charge in [0.2, 0.25) is 5.78 Å². The molecule has 5 nitrogen and oxygen atoms in total. The molecule has 0 bridgehead atoms. The molecular weight excluding hydrogens is 368 g/mol. The van der Waals surface area contributed by atoms with E-state index in [0.717, 1.165) is 44.9 Å². The fourth-order valence-corrected chi connectivity index (χ4v) is 7.79. The molecule has 0 saturated heterocycles. The van der Waals surface area contributed by atoms with Gasteiger partial charge in [-0.05, 0) is 80.6 Å². The first-order valence-electron chi connectivity index (χ1n) is 11.3. The van der Waals surface area contributed by atoms with Crippen molar-refractivity contribution in [3.63, 3.8) is 0 Å². The number of hydrogen-bond donors (Lipinski definition) is 1. The van der Waals surface area contributed by atoms with Crippen LogP contribution < -0.4 is 0 Å². The minimum Gasteiger partial charge on any atom is -0.458 e. The zero-order valence-electron chi connectivity index (χ0n) is 18.0. The minimum atomic E-state index is -1.41. The maximum absolute atomic E-state index is 12.9. The number of allylic oxidation sites excluding steroid dienone is 1. The SMILES string of the molecule is CC[C@@]12CCC(=O)C=C1CC[C@@H]1[C@@H]2CC[C@@]2(C)[C@H]1CC[C@]2(O)C(=O)COC(C)=O. The third kappa shape index (κ3) is 2.87. The number of rotatable bonds is 4. The lowest BCUT2D eigenvalue weighted by Crippen LogP contribution is -2.58. The molecule has 0 amide bonds. The Balaban J connectivity index is 1.62. The first-order chi connectivity index (χ1) is 13.7. The molecule has 29 heavy (non-hydrogen) atoms. The van der Waals surface area contributed by atoms with Crippen LogP contribution in [0.3, 0.4) is 0 Å². The maximum atomic E-state index is 12.9. The standard InChI is InChI=1S/C24H34O5/c1-4-23-11-7-17(26)13-16(23)5-6-18-19-9-12-24(28,21(27)14-29-15(2)25)22(19,3)10-8-20(18)23/h13,18-20,28H,4-12,14H2,1-3H3/t18-,19-,20-,22-,23+,24-/m0/s1. The predicted molar refractivity (Wildman–Crippen MR) is 108 cm³/mol. The zero-order chi connectivity index (χ0) is 21.0. The monoisotopic (exact) mass is 402 g/mol. The van der Waals surface area contributed by atoms with E-state index in [4.69, 9.17) is 4.74 Å². The summed E-state index contributed by atoms with van der Waals surface area (Å²) in [4.78, 5) is 36.1. The molecular formula is C24H34O5. The molecule has 0 radical (unpaired) electrons. The van der Waals surface area contributed by atoms with Gasteiger partial charge in [0.25, 0.3) is 0 Å². The van der Waals surface area contributed by atoms with E-state index in [0.29, 0.717) is 30.6 Å². The van der Waals surface area contributed by atoms with Crippen LogP contribution in [0.15, 0.2) is 11.6 Å². The first kappa shape index (κ1) is 20.8. The van der Waals surface area contributed by atoms with E-state index in [-0.39, 0.29) is 23.6 Å². The normalized spacial score (nSPS) is 43.7. The predicted octanol–water partition coefficient (Wildman–Crippen LogP) is 3.77. The molecule has 6 atom stereocenters. The summed E-state index contributed by atoms with van der Waals surface area (Å²) in [6.07, 6.45) is 9.70. The lowest BCUT2D eigenvalue weighted by Gasteiger charge is -2.59. The molecule has 5 heteroatoms. The molecule has 0 heterocycles. The molecule has 3 saturated carbocycles. The van der Waals surface area contributed by atoms with Gasteiger partial charge in [-0.2, -0.15) is 0 Å². The molecule has 160 valence electrons. The van der Waals surface area contributed by atoms with E-state index >= 15 is 0 Å². The smallest absolute Gasteiger partial charge is 0.303 e. The summed E-state index contributed by atoms with van der Waals surface area (Å²) < 4.78 is 4.94. The number of ketones is 2. The molecule has 4 rings (SSSR count). The van der Waals surface area contributed by atoms with Crippen LogP contribution in [0.25, 0.3) is 0 Å². The van der Waals surface area contributed by atoms with E-state index in [1.165, 1.54) is 12.5 Å². The molecule has 4 aliphatic carbocycles. The van der Waals surface area contributed by atoms with Gasteiger partial charge in [-0.15, -0.1) is 0 Å². The van der Waals surface area contributed by atoms with Crippen molar-refractivity contribution in [2.45, 2.75) is 84.2 Å². The molecule has 0 aromatic heterocycles. The highest BCUT2D eigenvalue weighted by molar-refractivity contribution is 5.92. The third-order valence-electron chi connectivity index (χ3n) is 9.34. The minimum absolute atomic E-state index is 0.126. The molecule has 0 unspecified atom stereocenters. The van der Waals surface area contributed by atoms with Crippen molar-refractivity contribution in [1.82, 2.24) is 0 Å². The highest BCUT2D eigenvalue weighted by atomic mass is 16.5. The quantitative estimate of drug-likeness (QED) is 0.724. The van der Waals surface area contributed by atoms with Crippen molar-refractivity contribution < 1.29 is 24.2 Å². The van der Waals surface area contributed by atoms with Crippen LogP contribution in [0.2, 0.25) is 0 Å². The summed E-state index contributed by atoms with van der Waals surface area (Å²) in [5.74, 6) is 0.749. The summed E-state index contributed by atoms with van der Waals surface area (Å²) in [7, 11) is 0. The van der Waals surface area contributed by atoms with Gasteiger partial charge < -0.3 is 9.84 Å². The first-order valence-corrected chi connectivity index (χ1v) is 11.3. The Hall–Kier alpha value is -1.49. The van der Waals surface area contributed by atoms with Crippen LogP contribution in [0.4, 0.5) is 0 Å². The van der Waals surface area contributed by atoms with Crippen LogP contribution >= 0.6 is 0 Å². The number of Topliss-reactive ketones (excluding diaryl/α,β-unsaturated/α-hetero) is 1. The summed E-state index contributed by atoms with van der Waals surface area (Å²) >= 11 is 0. The number of ether oxygens (including phenoxy) is 1. The van der Waals surface area contributed by atoms with Gasteiger partial charge in [-0.3, -0.25) is 14.4 Å². The Morgan fingerprint density at radius 3 is 2.55 bits per heavy atom. The second kappa shape index (κ2) is 7.04. The summed E-state index contributed by atoms with van der Waals surface area (Å²) in [6.45, 7) is 5.29. The summed E-state index contributed by atoms with van der Waals surface area (Å²) in [5.41, 5.74) is -0.386. The second-order valence-electron chi connectivity index (χ2n) is 10.1. The Morgan fingerprint density at radius 1 is 1.14 bits per heavy atom. The van der Waals surface area contributed by atoms with Crippen molar-refractivity contribution in [2.75, 3.05) is 6.61 Å². The van der Waals surface area contributed by atoms with Crippen molar-refractivity contribution in [3.8, 4) is 0 Å². The largest absolute Gasteiger partial charge is 0.458 e. The fraction of sp³-hybridized carbons (Fsp3) is 0.792. The van der Waals surface area contributed by atoms with Crippen LogP contribution in [0, 0.1) is 28.6 Å². The average Bonchev–Trinajstić information content (AvgIpc) is 2.98. The van der Waals surface area contributed by atoms with Crippen LogP contribution in [0.1, 0.15) is 78.6 Å². The van der Waals surface area contributed by atoms with Crippen molar-refractivity contribution in [3.05, 3.63) is 11.6 Å². The van der Waals surface area contributed by atoms with Gasteiger partial charge in [-0.25, -0.2) is 0 Å². The van der Waals surface area contributed by atoms with E-state index < -0.39 is 17.0 Å².